The highest BCUT2D eigenvalue weighted by Crippen LogP contribution is 2.29. The van der Waals surface area contributed by atoms with Gasteiger partial charge >= 0.3 is 0 Å². The van der Waals surface area contributed by atoms with Gasteiger partial charge in [0.05, 0.1) is 18.2 Å². The molecule has 1 saturated heterocycles. The van der Waals surface area contributed by atoms with Crippen molar-refractivity contribution in [2.75, 3.05) is 19.6 Å². The zero-order valence-corrected chi connectivity index (χ0v) is 10.4. The zero-order chi connectivity index (χ0) is 12.2. The van der Waals surface area contributed by atoms with E-state index in [1.807, 2.05) is 0 Å². The SMILES string of the molecule is CCN(CC(N)=NO)CC1CCC(C)(C)O1. The number of likely N-dealkylation sites (N-methyl/N-ethyl adjacent to an activating group) is 1. The van der Waals surface area contributed by atoms with E-state index in [0.29, 0.717) is 6.54 Å². The average Bonchev–Trinajstić information content (AvgIpc) is 2.56. The fourth-order valence-corrected chi connectivity index (χ4v) is 2.06. The van der Waals surface area contributed by atoms with Gasteiger partial charge in [0.15, 0.2) is 5.84 Å². The lowest BCUT2D eigenvalue weighted by atomic mass is 10.1. The zero-order valence-electron chi connectivity index (χ0n) is 10.4. The molecule has 5 nitrogen and oxygen atoms in total. The predicted octanol–water partition coefficient (Wildman–Crippen LogP) is 1.01. The van der Waals surface area contributed by atoms with Gasteiger partial charge in [0.25, 0.3) is 0 Å². The third kappa shape index (κ3) is 3.98. The summed E-state index contributed by atoms with van der Waals surface area (Å²) in [4.78, 5) is 2.13. The molecule has 1 unspecified atom stereocenters. The average molecular weight is 229 g/mol. The molecule has 0 aromatic rings. The summed E-state index contributed by atoms with van der Waals surface area (Å²) in [5, 5.41) is 11.5. The summed E-state index contributed by atoms with van der Waals surface area (Å²) in [5.74, 6) is 0.249. The molecule has 1 heterocycles. The maximum atomic E-state index is 8.53. The summed E-state index contributed by atoms with van der Waals surface area (Å²) in [7, 11) is 0. The molecular weight excluding hydrogens is 206 g/mol. The van der Waals surface area contributed by atoms with Crippen LogP contribution in [0, 0.1) is 0 Å². The van der Waals surface area contributed by atoms with Crippen LogP contribution in [0.15, 0.2) is 5.16 Å². The second-order valence-electron chi connectivity index (χ2n) is 4.96. The maximum Gasteiger partial charge on any atom is 0.153 e. The largest absolute Gasteiger partial charge is 0.409 e. The lowest BCUT2D eigenvalue weighted by Gasteiger charge is -2.25. The Morgan fingerprint density at radius 2 is 2.31 bits per heavy atom. The second-order valence-corrected chi connectivity index (χ2v) is 4.96. The molecule has 0 amide bonds. The molecule has 1 fully saturated rings. The summed E-state index contributed by atoms with van der Waals surface area (Å²) < 4.78 is 5.91. The van der Waals surface area contributed by atoms with E-state index in [-0.39, 0.29) is 17.5 Å². The molecule has 16 heavy (non-hydrogen) atoms. The Balaban J connectivity index is 2.40. The van der Waals surface area contributed by atoms with Crippen molar-refractivity contribution in [3.8, 4) is 0 Å². The third-order valence-corrected chi connectivity index (χ3v) is 2.98. The molecule has 3 N–H and O–H groups in total. The van der Waals surface area contributed by atoms with Crippen LogP contribution in [0.4, 0.5) is 0 Å². The van der Waals surface area contributed by atoms with Crippen molar-refractivity contribution in [3.05, 3.63) is 0 Å². The number of nitrogens with zero attached hydrogens (tertiary/aromatic N) is 2. The van der Waals surface area contributed by atoms with Crippen LogP contribution in [0.5, 0.6) is 0 Å². The van der Waals surface area contributed by atoms with Crippen molar-refractivity contribution in [2.24, 2.45) is 10.9 Å². The van der Waals surface area contributed by atoms with Crippen LogP contribution in [0.1, 0.15) is 33.6 Å². The van der Waals surface area contributed by atoms with Gasteiger partial charge in [-0.1, -0.05) is 12.1 Å². The standard InChI is InChI=1S/C11H23N3O2/c1-4-14(8-10(12)13-15)7-9-5-6-11(2,3)16-9/h9,15H,4-8H2,1-3H3,(H2,12,13). The van der Waals surface area contributed by atoms with Crippen LogP contribution in [-0.2, 0) is 4.74 Å². The monoisotopic (exact) mass is 229 g/mol. The first kappa shape index (κ1) is 13.3. The highest BCUT2D eigenvalue weighted by atomic mass is 16.5. The smallest absolute Gasteiger partial charge is 0.153 e. The van der Waals surface area contributed by atoms with E-state index in [0.717, 1.165) is 25.9 Å². The fourth-order valence-electron chi connectivity index (χ4n) is 2.06. The third-order valence-electron chi connectivity index (χ3n) is 2.98. The van der Waals surface area contributed by atoms with E-state index in [9.17, 15) is 0 Å². The second kappa shape index (κ2) is 5.50. The highest BCUT2D eigenvalue weighted by Gasteiger charge is 2.32. The molecule has 0 bridgehead atoms. The molecule has 1 aliphatic rings. The van der Waals surface area contributed by atoms with Crippen molar-refractivity contribution in [1.82, 2.24) is 4.90 Å². The van der Waals surface area contributed by atoms with Gasteiger partial charge in [-0.15, -0.1) is 0 Å². The van der Waals surface area contributed by atoms with Gasteiger partial charge in [-0.05, 0) is 33.2 Å². The normalized spacial score (nSPS) is 25.2. The quantitative estimate of drug-likeness (QED) is 0.319. The van der Waals surface area contributed by atoms with Gasteiger partial charge in [0.1, 0.15) is 0 Å². The molecule has 5 heteroatoms. The Kier molecular flexibility index (Phi) is 4.56. The lowest BCUT2D eigenvalue weighted by molar-refractivity contribution is -0.0266. The Morgan fingerprint density at radius 3 is 2.75 bits per heavy atom. The first-order valence-corrected chi connectivity index (χ1v) is 5.83. The topological polar surface area (TPSA) is 71.1 Å². The summed E-state index contributed by atoms with van der Waals surface area (Å²) in [6.07, 6.45) is 2.44. The van der Waals surface area contributed by atoms with Gasteiger partial charge in [-0.25, -0.2) is 0 Å². The number of oxime groups is 1. The van der Waals surface area contributed by atoms with Crippen molar-refractivity contribution in [1.29, 1.82) is 0 Å². The van der Waals surface area contributed by atoms with Crippen LogP contribution in [-0.4, -0.2) is 47.3 Å². The van der Waals surface area contributed by atoms with E-state index in [1.165, 1.54) is 0 Å². The van der Waals surface area contributed by atoms with E-state index >= 15 is 0 Å². The Labute approximate surface area is 97.2 Å². The number of rotatable bonds is 5. The lowest BCUT2D eigenvalue weighted by Crippen LogP contribution is -2.39. The fraction of sp³-hybridized carbons (Fsp3) is 0.909. The minimum atomic E-state index is 0.000685. The van der Waals surface area contributed by atoms with Gasteiger partial charge in [-0.2, -0.15) is 0 Å². The Bertz CT molecular complexity index is 254. The molecule has 94 valence electrons. The minimum Gasteiger partial charge on any atom is -0.409 e. The van der Waals surface area contributed by atoms with E-state index in [1.54, 1.807) is 0 Å². The predicted molar refractivity (Wildman–Crippen MR) is 63.7 cm³/mol. The first-order chi connectivity index (χ1) is 7.46. The first-order valence-electron chi connectivity index (χ1n) is 5.83. The van der Waals surface area contributed by atoms with E-state index in [2.05, 4.69) is 30.8 Å². The van der Waals surface area contributed by atoms with Crippen LogP contribution >= 0.6 is 0 Å². The molecule has 1 aliphatic heterocycles. The molecule has 0 radical (unpaired) electrons. The number of hydrogen-bond donors (Lipinski definition) is 2. The minimum absolute atomic E-state index is 0.000685. The van der Waals surface area contributed by atoms with Crippen LogP contribution in [0.2, 0.25) is 0 Å². The maximum absolute atomic E-state index is 8.53. The van der Waals surface area contributed by atoms with Crippen molar-refractivity contribution >= 4 is 5.84 Å². The highest BCUT2D eigenvalue weighted by molar-refractivity contribution is 5.81. The van der Waals surface area contributed by atoms with Gasteiger partial charge in [0, 0.05) is 6.54 Å². The van der Waals surface area contributed by atoms with Crippen LogP contribution in [0.25, 0.3) is 0 Å². The van der Waals surface area contributed by atoms with E-state index < -0.39 is 0 Å². The van der Waals surface area contributed by atoms with Crippen LogP contribution < -0.4 is 5.73 Å². The summed E-state index contributed by atoms with van der Waals surface area (Å²) in [6.45, 7) is 8.50. The molecule has 0 aromatic carbocycles. The number of hydrogen-bond acceptors (Lipinski definition) is 4. The summed E-state index contributed by atoms with van der Waals surface area (Å²) in [6, 6.07) is 0. The van der Waals surface area contributed by atoms with Crippen molar-refractivity contribution in [3.63, 3.8) is 0 Å². The van der Waals surface area contributed by atoms with Crippen molar-refractivity contribution < 1.29 is 9.94 Å². The van der Waals surface area contributed by atoms with Crippen molar-refractivity contribution in [2.45, 2.75) is 45.3 Å². The van der Waals surface area contributed by atoms with Gasteiger partial charge in [0.2, 0.25) is 0 Å². The molecular formula is C11H23N3O2. The Morgan fingerprint density at radius 1 is 1.62 bits per heavy atom. The Hall–Kier alpha value is -0.810. The molecule has 0 aromatic heterocycles. The van der Waals surface area contributed by atoms with Gasteiger partial charge in [-0.3, -0.25) is 4.90 Å². The molecule has 0 spiro atoms. The summed E-state index contributed by atoms with van der Waals surface area (Å²) in [5.41, 5.74) is 5.50. The molecule has 1 atom stereocenters. The summed E-state index contributed by atoms with van der Waals surface area (Å²) >= 11 is 0. The van der Waals surface area contributed by atoms with Crippen LogP contribution in [0.3, 0.4) is 0 Å². The molecule has 0 aliphatic carbocycles. The molecule has 1 rings (SSSR count). The van der Waals surface area contributed by atoms with E-state index in [4.69, 9.17) is 15.7 Å². The number of ether oxygens (including phenoxy) is 1. The van der Waals surface area contributed by atoms with Gasteiger partial charge < -0.3 is 15.7 Å². The number of nitrogens with two attached hydrogens (primary N) is 1. The number of amidine groups is 1. The molecule has 0 saturated carbocycles.